The predicted molar refractivity (Wildman–Crippen MR) is 66.2 cm³/mol. The van der Waals surface area contributed by atoms with Gasteiger partial charge >= 0.3 is 0 Å². The third kappa shape index (κ3) is 2.43. The highest BCUT2D eigenvalue weighted by Crippen LogP contribution is 2.15. The fraction of sp³-hybridized carbons (Fsp3) is 0.250. The Balaban J connectivity index is 2.16. The van der Waals surface area contributed by atoms with Crippen molar-refractivity contribution in [3.63, 3.8) is 0 Å². The zero-order valence-corrected chi connectivity index (χ0v) is 9.91. The standard InChI is InChI=1S/C12H14ClN3/c1-14-8-6-10-2-4-11(5-3-10)16-12(13)7-9-15-16/h2-5,7,9,14H,6,8H2,1H3. The van der Waals surface area contributed by atoms with Crippen LogP contribution in [0.1, 0.15) is 5.56 Å². The molecule has 0 radical (unpaired) electrons. The summed E-state index contributed by atoms with van der Waals surface area (Å²) in [4.78, 5) is 0. The molecular weight excluding hydrogens is 222 g/mol. The van der Waals surface area contributed by atoms with Crippen LogP contribution in [-0.2, 0) is 6.42 Å². The number of likely N-dealkylation sites (N-methyl/N-ethyl adjacent to an activating group) is 1. The van der Waals surface area contributed by atoms with Gasteiger partial charge in [-0.15, -0.1) is 0 Å². The Kier molecular flexibility index (Phi) is 3.59. The molecule has 16 heavy (non-hydrogen) atoms. The summed E-state index contributed by atoms with van der Waals surface area (Å²) in [6, 6.07) is 10.0. The Hall–Kier alpha value is -1.32. The molecule has 0 saturated carbocycles. The maximum Gasteiger partial charge on any atom is 0.132 e. The fourth-order valence-electron chi connectivity index (χ4n) is 1.55. The molecule has 0 spiro atoms. The minimum atomic E-state index is 0.628. The Morgan fingerprint density at radius 3 is 2.56 bits per heavy atom. The summed E-state index contributed by atoms with van der Waals surface area (Å²) in [7, 11) is 1.96. The van der Waals surface area contributed by atoms with Crippen molar-refractivity contribution in [2.75, 3.05) is 13.6 Å². The summed E-state index contributed by atoms with van der Waals surface area (Å²) in [6.07, 6.45) is 2.72. The Bertz CT molecular complexity index is 448. The van der Waals surface area contributed by atoms with Crippen molar-refractivity contribution in [1.82, 2.24) is 15.1 Å². The molecule has 0 unspecified atom stereocenters. The van der Waals surface area contributed by atoms with Crippen LogP contribution in [0, 0.1) is 0 Å². The molecule has 2 rings (SSSR count). The van der Waals surface area contributed by atoms with Gasteiger partial charge in [0.2, 0.25) is 0 Å². The lowest BCUT2D eigenvalue weighted by Gasteiger charge is -2.05. The minimum absolute atomic E-state index is 0.628. The van der Waals surface area contributed by atoms with Crippen LogP contribution in [0.25, 0.3) is 5.69 Å². The molecule has 0 aliphatic heterocycles. The van der Waals surface area contributed by atoms with Crippen molar-refractivity contribution in [3.05, 3.63) is 47.2 Å². The predicted octanol–water partition coefficient (Wildman–Crippen LogP) is 2.29. The van der Waals surface area contributed by atoms with Crippen LogP contribution in [0.3, 0.4) is 0 Å². The molecule has 1 heterocycles. The van der Waals surface area contributed by atoms with E-state index in [0.717, 1.165) is 18.7 Å². The molecule has 0 saturated heterocycles. The Labute approximate surface area is 100 Å². The van der Waals surface area contributed by atoms with Gasteiger partial charge in [0.15, 0.2) is 0 Å². The first kappa shape index (κ1) is 11.2. The first-order valence-corrected chi connectivity index (χ1v) is 5.62. The molecule has 2 aromatic rings. The number of nitrogens with zero attached hydrogens (tertiary/aromatic N) is 2. The summed E-state index contributed by atoms with van der Waals surface area (Å²) in [5.41, 5.74) is 2.30. The number of aromatic nitrogens is 2. The summed E-state index contributed by atoms with van der Waals surface area (Å²) in [5, 5.41) is 7.91. The SMILES string of the molecule is CNCCc1ccc(-n2nccc2Cl)cc1. The minimum Gasteiger partial charge on any atom is -0.319 e. The third-order valence-corrected chi connectivity index (χ3v) is 2.73. The number of hydrogen-bond donors (Lipinski definition) is 1. The van der Waals surface area contributed by atoms with E-state index in [1.54, 1.807) is 16.9 Å². The van der Waals surface area contributed by atoms with E-state index in [0.29, 0.717) is 5.15 Å². The van der Waals surface area contributed by atoms with Crippen molar-refractivity contribution in [2.24, 2.45) is 0 Å². The fourth-order valence-corrected chi connectivity index (χ4v) is 1.75. The molecule has 1 aromatic carbocycles. The van der Waals surface area contributed by atoms with Gasteiger partial charge in [-0.2, -0.15) is 5.10 Å². The smallest absolute Gasteiger partial charge is 0.132 e. The van der Waals surface area contributed by atoms with Crippen LogP contribution in [0.5, 0.6) is 0 Å². The number of rotatable bonds is 4. The monoisotopic (exact) mass is 235 g/mol. The highest BCUT2D eigenvalue weighted by molar-refractivity contribution is 6.29. The van der Waals surface area contributed by atoms with E-state index in [-0.39, 0.29) is 0 Å². The maximum atomic E-state index is 5.99. The van der Waals surface area contributed by atoms with Crippen molar-refractivity contribution in [3.8, 4) is 5.69 Å². The van der Waals surface area contributed by atoms with Gasteiger partial charge < -0.3 is 5.32 Å². The van der Waals surface area contributed by atoms with E-state index in [2.05, 4.69) is 22.5 Å². The molecule has 0 atom stereocenters. The Morgan fingerprint density at radius 1 is 1.25 bits per heavy atom. The topological polar surface area (TPSA) is 29.9 Å². The number of hydrogen-bond acceptors (Lipinski definition) is 2. The lowest BCUT2D eigenvalue weighted by Crippen LogP contribution is -2.10. The van der Waals surface area contributed by atoms with Gasteiger partial charge in [-0.05, 0) is 43.8 Å². The van der Waals surface area contributed by atoms with Crippen molar-refractivity contribution in [1.29, 1.82) is 0 Å². The molecule has 4 heteroatoms. The van der Waals surface area contributed by atoms with Crippen LogP contribution in [0.15, 0.2) is 36.5 Å². The van der Waals surface area contributed by atoms with Crippen LogP contribution < -0.4 is 5.32 Å². The quantitative estimate of drug-likeness (QED) is 0.881. The molecule has 1 aromatic heterocycles. The molecular formula is C12H14ClN3. The van der Waals surface area contributed by atoms with E-state index in [4.69, 9.17) is 11.6 Å². The van der Waals surface area contributed by atoms with Crippen molar-refractivity contribution in [2.45, 2.75) is 6.42 Å². The summed E-state index contributed by atoms with van der Waals surface area (Å²) in [5.74, 6) is 0. The van der Waals surface area contributed by atoms with Gasteiger partial charge in [0.05, 0.1) is 11.9 Å². The first-order chi connectivity index (χ1) is 7.81. The normalized spacial score (nSPS) is 10.6. The number of nitrogens with one attached hydrogen (secondary N) is 1. The average Bonchev–Trinajstić information content (AvgIpc) is 2.74. The molecule has 0 aliphatic carbocycles. The van der Waals surface area contributed by atoms with Crippen molar-refractivity contribution >= 4 is 11.6 Å². The molecule has 1 N–H and O–H groups in total. The summed E-state index contributed by atoms with van der Waals surface area (Å²) < 4.78 is 1.71. The first-order valence-electron chi connectivity index (χ1n) is 5.24. The lowest BCUT2D eigenvalue weighted by atomic mass is 10.1. The lowest BCUT2D eigenvalue weighted by molar-refractivity contribution is 0.791. The molecule has 0 fully saturated rings. The van der Waals surface area contributed by atoms with Gasteiger partial charge in [-0.3, -0.25) is 0 Å². The van der Waals surface area contributed by atoms with Gasteiger partial charge in [0.1, 0.15) is 5.15 Å². The van der Waals surface area contributed by atoms with Gasteiger partial charge in [-0.25, -0.2) is 4.68 Å². The highest BCUT2D eigenvalue weighted by atomic mass is 35.5. The zero-order valence-electron chi connectivity index (χ0n) is 9.15. The zero-order chi connectivity index (χ0) is 11.4. The molecule has 3 nitrogen and oxygen atoms in total. The summed E-state index contributed by atoms with van der Waals surface area (Å²) >= 11 is 5.99. The van der Waals surface area contributed by atoms with Crippen molar-refractivity contribution < 1.29 is 0 Å². The van der Waals surface area contributed by atoms with Crippen LogP contribution in [0.2, 0.25) is 5.15 Å². The van der Waals surface area contributed by atoms with Crippen LogP contribution in [0.4, 0.5) is 0 Å². The van der Waals surface area contributed by atoms with Crippen LogP contribution in [-0.4, -0.2) is 23.4 Å². The van der Waals surface area contributed by atoms with E-state index in [9.17, 15) is 0 Å². The number of halogens is 1. The van der Waals surface area contributed by atoms with Gasteiger partial charge in [0.25, 0.3) is 0 Å². The second kappa shape index (κ2) is 5.14. The second-order valence-electron chi connectivity index (χ2n) is 3.59. The molecule has 0 amide bonds. The van der Waals surface area contributed by atoms with E-state index in [1.165, 1.54) is 5.56 Å². The van der Waals surface area contributed by atoms with Gasteiger partial charge in [0, 0.05) is 0 Å². The Morgan fingerprint density at radius 2 is 2.00 bits per heavy atom. The maximum absolute atomic E-state index is 5.99. The van der Waals surface area contributed by atoms with Gasteiger partial charge in [-0.1, -0.05) is 23.7 Å². The third-order valence-electron chi connectivity index (χ3n) is 2.44. The number of benzene rings is 1. The van der Waals surface area contributed by atoms with E-state index >= 15 is 0 Å². The molecule has 0 bridgehead atoms. The van der Waals surface area contributed by atoms with Crippen LogP contribution >= 0.6 is 11.6 Å². The highest BCUT2D eigenvalue weighted by Gasteiger charge is 2.01. The average molecular weight is 236 g/mol. The van der Waals surface area contributed by atoms with E-state index < -0.39 is 0 Å². The van der Waals surface area contributed by atoms with E-state index in [1.807, 2.05) is 19.2 Å². The molecule has 0 aliphatic rings. The summed E-state index contributed by atoms with van der Waals surface area (Å²) in [6.45, 7) is 0.988. The largest absolute Gasteiger partial charge is 0.319 e. The second-order valence-corrected chi connectivity index (χ2v) is 3.97. The molecule has 84 valence electrons.